The maximum atomic E-state index is 15.0. The number of carbonyl (C=O) groups excluding carboxylic acids is 3. The molecule has 0 radical (unpaired) electrons. The van der Waals surface area contributed by atoms with Crippen LogP contribution in [0.5, 0.6) is 0 Å². The smallest absolute Gasteiger partial charge is 0.414 e. The summed E-state index contributed by atoms with van der Waals surface area (Å²) in [6.45, 7) is 0.117. The third-order valence-electron chi connectivity index (χ3n) is 5.73. The maximum absolute atomic E-state index is 15.0. The van der Waals surface area contributed by atoms with E-state index in [9.17, 15) is 14.4 Å². The number of nitrogens with one attached hydrogen (secondary N) is 2. The number of halogens is 1. The van der Waals surface area contributed by atoms with Crippen molar-refractivity contribution in [1.29, 1.82) is 0 Å². The summed E-state index contributed by atoms with van der Waals surface area (Å²) in [5, 5.41) is 13.2. The summed E-state index contributed by atoms with van der Waals surface area (Å²) in [4.78, 5) is 38.3. The molecule has 0 aliphatic carbocycles. The van der Waals surface area contributed by atoms with Gasteiger partial charge < -0.3 is 10.1 Å². The number of ketones is 1. The lowest BCUT2D eigenvalue weighted by Gasteiger charge is -2.18. The van der Waals surface area contributed by atoms with E-state index in [4.69, 9.17) is 4.74 Å². The Morgan fingerprint density at radius 3 is 2.72 bits per heavy atom. The summed E-state index contributed by atoms with van der Waals surface area (Å²) in [7, 11) is 0. The van der Waals surface area contributed by atoms with Crippen molar-refractivity contribution in [1.82, 2.24) is 20.7 Å². The molecule has 36 heavy (non-hydrogen) atoms. The minimum Gasteiger partial charge on any atom is -0.442 e. The number of amides is 2. The van der Waals surface area contributed by atoms with Crippen LogP contribution >= 0.6 is 0 Å². The van der Waals surface area contributed by atoms with Crippen LogP contribution in [-0.2, 0) is 9.53 Å². The molecular weight excluding hydrogens is 465 g/mol. The highest BCUT2D eigenvalue weighted by molar-refractivity contribution is 6.07. The zero-order chi connectivity index (χ0) is 25.1. The van der Waals surface area contributed by atoms with Crippen LogP contribution in [-0.4, -0.2) is 52.4 Å². The first kappa shape index (κ1) is 22.9. The van der Waals surface area contributed by atoms with E-state index >= 15 is 4.39 Å². The number of aromatic amines is 1. The van der Waals surface area contributed by atoms with Gasteiger partial charge in [0.1, 0.15) is 17.4 Å². The molecule has 1 fully saturated rings. The minimum absolute atomic E-state index is 0.0223. The second-order valence-corrected chi connectivity index (χ2v) is 8.07. The first-order valence-electron chi connectivity index (χ1n) is 11.1. The standard InChI is InChI=1S/C26H20FN5O4/c27-19-9-5-11-21(24(19)18-8-4-10-20-25(18)30-31-29-20)32-15-17(36-26(32)35)14-28-23(34)13-12-22(33)16-6-2-1-3-7-16/h1-13,17H,14-15H2,(H,28,34)(H,29,30,31)/t17-/m0/s1. The third-order valence-corrected chi connectivity index (χ3v) is 5.73. The van der Waals surface area contributed by atoms with Crippen LogP contribution in [0.1, 0.15) is 10.4 Å². The fourth-order valence-corrected chi connectivity index (χ4v) is 4.02. The van der Waals surface area contributed by atoms with Crippen molar-refractivity contribution >= 4 is 34.5 Å². The zero-order valence-corrected chi connectivity index (χ0v) is 18.8. The normalized spacial score (nSPS) is 15.4. The molecule has 0 spiro atoms. The molecule has 9 nitrogen and oxygen atoms in total. The van der Waals surface area contributed by atoms with E-state index in [1.54, 1.807) is 54.6 Å². The lowest BCUT2D eigenvalue weighted by molar-refractivity contribution is -0.116. The van der Waals surface area contributed by atoms with Gasteiger partial charge in [-0.2, -0.15) is 0 Å². The predicted octanol–water partition coefficient (Wildman–Crippen LogP) is 3.64. The number of allylic oxidation sites excluding steroid dienone is 1. The summed E-state index contributed by atoms with van der Waals surface area (Å²) in [6.07, 6.45) is 0.982. The van der Waals surface area contributed by atoms with Gasteiger partial charge in [0.15, 0.2) is 5.78 Å². The van der Waals surface area contributed by atoms with Gasteiger partial charge in [0.25, 0.3) is 0 Å². The Balaban J connectivity index is 1.29. The van der Waals surface area contributed by atoms with Gasteiger partial charge in [0, 0.05) is 22.8 Å². The molecule has 180 valence electrons. The largest absolute Gasteiger partial charge is 0.442 e. The Bertz CT molecular complexity index is 1480. The van der Waals surface area contributed by atoms with Crippen LogP contribution in [0, 0.1) is 5.82 Å². The quantitative estimate of drug-likeness (QED) is 0.305. The summed E-state index contributed by atoms with van der Waals surface area (Å²) in [5.74, 6) is -1.33. The van der Waals surface area contributed by atoms with Gasteiger partial charge in [0.05, 0.1) is 24.3 Å². The van der Waals surface area contributed by atoms with Crippen LogP contribution in [0.25, 0.3) is 22.2 Å². The van der Waals surface area contributed by atoms with Crippen LogP contribution < -0.4 is 10.2 Å². The van der Waals surface area contributed by atoms with Crippen molar-refractivity contribution in [2.75, 3.05) is 18.0 Å². The van der Waals surface area contributed by atoms with Gasteiger partial charge in [-0.15, -0.1) is 5.10 Å². The number of hydrogen-bond donors (Lipinski definition) is 2. The summed E-state index contributed by atoms with van der Waals surface area (Å²) in [5.41, 5.74) is 2.56. The number of H-pyrrole nitrogens is 1. The van der Waals surface area contributed by atoms with Gasteiger partial charge in [-0.3, -0.25) is 19.6 Å². The predicted molar refractivity (Wildman–Crippen MR) is 130 cm³/mol. The SMILES string of the molecule is O=C(C=CC(=O)c1ccccc1)NC[C@H]1CN(c2cccc(F)c2-c2cccc3[nH]nnc23)C(=O)O1. The summed E-state index contributed by atoms with van der Waals surface area (Å²) in [6, 6.07) is 18.2. The molecular formula is C26H20FN5O4. The molecule has 1 saturated heterocycles. The number of cyclic esters (lactones) is 1. The van der Waals surface area contributed by atoms with E-state index in [1.807, 2.05) is 0 Å². The summed E-state index contributed by atoms with van der Waals surface area (Å²) >= 11 is 0. The number of rotatable bonds is 7. The van der Waals surface area contributed by atoms with Crippen molar-refractivity contribution < 1.29 is 23.5 Å². The highest BCUT2D eigenvalue weighted by atomic mass is 19.1. The van der Waals surface area contributed by atoms with Gasteiger partial charge in [-0.05, 0) is 24.3 Å². The van der Waals surface area contributed by atoms with Crippen molar-refractivity contribution in [2.24, 2.45) is 0 Å². The van der Waals surface area contributed by atoms with Crippen molar-refractivity contribution in [3.63, 3.8) is 0 Å². The lowest BCUT2D eigenvalue weighted by atomic mass is 10.0. The molecule has 0 unspecified atom stereocenters. The van der Waals surface area contributed by atoms with Crippen molar-refractivity contribution in [3.05, 3.63) is 90.3 Å². The van der Waals surface area contributed by atoms with E-state index in [0.717, 1.165) is 6.08 Å². The second-order valence-electron chi connectivity index (χ2n) is 8.07. The van der Waals surface area contributed by atoms with Crippen LogP contribution in [0.4, 0.5) is 14.9 Å². The number of carbonyl (C=O) groups is 3. The topological polar surface area (TPSA) is 117 Å². The molecule has 0 bridgehead atoms. The minimum atomic E-state index is -0.668. The van der Waals surface area contributed by atoms with Gasteiger partial charge in [-0.25, -0.2) is 9.18 Å². The number of hydrogen-bond acceptors (Lipinski definition) is 6. The molecule has 3 aromatic carbocycles. The van der Waals surface area contributed by atoms with Crippen LogP contribution in [0.3, 0.4) is 0 Å². The Morgan fingerprint density at radius 2 is 1.89 bits per heavy atom. The number of nitrogens with zero attached hydrogens (tertiary/aromatic N) is 3. The zero-order valence-electron chi connectivity index (χ0n) is 18.8. The van der Waals surface area contributed by atoms with Gasteiger partial charge >= 0.3 is 6.09 Å². The Labute approximate surface area is 204 Å². The average molecular weight is 485 g/mol. The van der Waals surface area contributed by atoms with Crippen molar-refractivity contribution in [2.45, 2.75) is 6.10 Å². The monoisotopic (exact) mass is 485 g/mol. The number of fused-ring (bicyclic) bond motifs is 1. The number of benzene rings is 3. The highest BCUT2D eigenvalue weighted by Crippen LogP contribution is 2.38. The number of aromatic nitrogens is 3. The maximum Gasteiger partial charge on any atom is 0.414 e. The number of anilines is 1. The first-order chi connectivity index (χ1) is 17.5. The molecule has 2 heterocycles. The lowest BCUT2D eigenvalue weighted by Crippen LogP contribution is -2.34. The molecule has 0 saturated carbocycles. The van der Waals surface area contributed by atoms with E-state index in [0.29, 0.717) is 27.8 Å². The molecule has 10 heteroatoms. The molecule has 1 atom stereocenters. The molecule has 1 aliphatic rings. The van der Waals surface area contributed by atoms with E-state index in [-0.39, 0.29) is 24.4 Å². The molecule has 1 aliphatic heterocycles. The fraction of sp³-hybridized carbons (Fsp3) is 0.115. The van der Waals surface area contributed by atoms with Crippen LogP contribution in [0.15, 0.2) is 78.9 Å². The molecule has 1 aromatic heterocycles. The fourth-order valence-electron chi connectivity index (χ4n) is 4.02. The average Bonchev–Trinajstić information content (AvgIpc) is 3.53. The Morgan fingerprint density at radius 1 is 1.08 bits per heavy atom. The summed E-state index contributed by atoms with van der Waals surface area (Å²) < 4.78 is 20.4. The Hall–Kier alpha value is -4.86. The van der Waals surface area contributed by atoms with E-state index in [2.05, 4.69) is 20.7 Å². The van der Waals surface area contributed by atoms with Crippen LogP contribution in [0.2, 0.25) is 0 Å². The van der Waals surface area contributed by atoms with Gasteiger partial charge in [0.2, 0.25) is 5.91 Å². The first-order valence-corrected chi connectivity index (χ1v) is 11.1. The molecule has 4 aromatic rings. The number of ether oxygens (including phenoxy) is 1. The third kappa shape index (κ3) is 4.56. The highest BCUT2D eigenvalue weighted by Gasteiger charge is 2.34. The van der Waals surface area contributed by atoms with E-state index in [1.165, 1.54) is 23.1 Å². The van der Waals surface area contributed by atoms with Gasteiger partial charge in [-0.1, -0.05) is 53.7 Å². The molecule has 5 rings (SSSR count). The second kappa shape index (κ2) is 9.79. The van der Waals surface area contributed by atoms with Crippen molar-refractivity contribution in [3.8, 4) is 11.1 Å². The molecule has 2 N–H and O–H groups in total. The Kier molecular flexibility index (Phi) is 6.23. The molecule has 2 amide bonds. The van der Waals surface area contributed by atoms with E-state index < -0.39 is 23.9 Å².